The summed E-state index contributed by atoms with van der Waals surface area (Å²) in [6.07, 6.45) is 3.35. The van der Waals surface area contributed by atoms with E-state index in [1.54, 1.807) is 4.90 Å². The summed E-state index contributed by atoms with van der Waals surface area (Å²) < 4.78 is 33.1. The summed E-state index contributed by atoms with van der Waals surface area (Å²) in [7, 11) is 0. The Hall–Kier alpha value is -1.96. The Labute approximate surface area is 155 Å². The van der Waals surface area contributed by atoms with Crippen LogP contribution in [-0.4, -0.2) is 64.1 Å². The molecule has 1 heterocycles. The van der Waals surface area contributed by atoms with Gasteiger partial charge in [-0.3, -0.25) is 0 Å². The number of carbonyl (C=O) groups excluding carboxylic acids is 2. The molecule has 26 heavy (non-hydrogen) atoms. The number of aromatic hydroxyl groups is 1. The van der Waals surface area contributed by atoms with Crippen LogP contribution in [0.25, 0.3) is 0 Å². The largest absolute Gasteiger partial charge is 0.450 e. The fourth-order valence-electron chi connectivity index (χ4n) is 2.34. The van der Waals surface area contributed by atoms with Crippen LogP contribution in [0.2, 0.25) is 0 Å². The Bertz CT molecular complexity index is 669. The number of ether oxygens (including phenoxy) is 1. The van der Waals surface area contributed by atoms with Gasteiger partial charge in [-0.2, -0.15) is 0 Å². The molecule has 0 unspecified atom stereocenters. The van der Waals surface area contributed by atoms with Crippen molar-refractivity contribution < 1.29 is 31.4 Å². The first-order valence-electron chi connectivity index (χ1n) is 8.23. The van der Waals surface area contributed by atoms with E-state index in [1.807, 2.05) is 6.92 Å². The number of carbonyl (C=O) groups is 2. The van der Waals surface area contributed by atoms with Gasteiger partial charge in [0.1, 0.15) is 0 Å². The smallest absolute Gasteiger partial charge is 0.409 e. The van der Waals surface area contributed by atoms with Gasteiger partial charge < -0.3 is 9.64 Å². The van der Waals surface area contributed by atoms with Crippen LogP contribution in [0.15, 0.2) is 18.2 Å². The van der Waals surface area contributed by atoms with Crippen LogP contribution in [0.5, 0.6) is 5.75 Å². The minimum absolute atomic E-state index is 0.146. The third kappa shape index (κ3) is 7.51. The topological polar surface area (TPSA) is 136 Å². The van der Waals surface area contributed by atoms with Gasteiger partial charge in [0.05, 0.1) is 6.61 Å². The first-order valence-corrected chi connectivity index (χ1v) is 11.6. The van der Waals surface area contributed by atoms with E-state index in [4.69, 9.17) is 12.9 Å². The number of rotatable bonds is 3. The van der Waals surface area contributed by atoms with E-state index in [2.05, 4.69) is 5.32 Å². The summed E-state index contributed by atoms with van der Waals surface area (Å²) in [5.74, 6) is -0.850. The van der Waals surface area contributed by atoms with E-state index in [-0.39, 0.29) is 17.7 Å². The average Bonchev–Trinajstić information content (AvgIpc) is 2.55. The van der Waals surface area contributed by atoms with Crippen LogP contribution in [0.4, 0.5) is 10.5 Å². The van der Waals surface area contributed by atoms with Gasteiger partial charge >= 0.3 is 94.2 Å². The molecule has 1 aliphatic heterocycles. The van der Waals surface area contributed by atoms with Crippen LogP contribution in [0.1, 0.15) is 33.1 Å². The second-order valence-corrected chi connectivity index (χ2v) is 8.97. The summed E-state index contributed by atoms with van der Waals surface area (Å²) in [5.41, 5.74) is 0.285. The second-order valence-electron chi connectivity index (χ2n) is 5.68. The Morgan fingerprint density at radius 3 is 2.31 bits per heavy atom. The molecule has 0 spiro atoms. The molecule has 0 aliphatic carbocycles. The monoisotopic (exact) mass is 432 g/mol. The van der Waals surface area contributed by atoms with Crippen molar-refractivity contribution in [3.63, 3.8) is 0 Å². The van der Waals surface area contributed by atoms with E-state index < -0.39 is 24.3 Å². The fourth-order valence-corrected chi connectivity index (χ4v) is 3.67. The van der Waals surface area contributed by atoms with Crippen LogP contribution >= 0.6 is 0 Å². The zero-order chi connectivity index (χ0) is 19.7. The van der Waals surface area contributed by atoms with Gasteiger partial charge in [-0.1, -0.05) is 0 Å². The maximum absolute atomic E-state index is 11.1. The maximum atomic E-state index is 11.1. The molecule has 146 valence electrons. The molecule has 0 aromatic heterocycles. The first-order chi connectivity index (χ1) is 12.1. The molecule has 0 radical (unpaired) electrons. The molecule has 0 atom stereocenters. The van der Waals surface area contributed by atoms with Crippen LogP contribution in [-0.2, 0) is 13.3 Å². The minimum Gasteiger partial charge on any atom is -0.450 e. The van der Waals surface area contributed by atoms with Gasteiger partial charge in [-0.25, -0.2) is 4.79 Å². The molecule has 1 fully saturated rings. The van der Waals surface area contributed by atoms with Gasteiger partial charge in [0.25, 0.3) is 0 Å². The Kier molecular flexibility index (Phi) is 8.71. The maximum Gasteiger partial charge on any atom is 0.409 e. The summed E-state index contributed by atoms with van der Waals surface area (Å²) >= 11 is -5.09. The number of phenols is 1. The van der Waals surface area contributed by atoms with Crippen molar-refractivity contribution in [1.29, 1.82) is 0 Å². The predicted octanol–water partition coefficient (Wildman–Crippen LogP) is 0.540. The van der Waals surface area contributed by atoms with Crippen molar-refractivity contribution in [3.05, 3.63) is 18.2 Å². The van der Waals surface area contributed by atoms with Gasteiger partial charge in [-0.15, -0.1) is 0 Å². The predicted molar refractivity (Wildman–Crippen MR) is 95.4 cm³/mol. The molecule has 2 amide bonds. The first kappa shape index (κ1) is 22.1. The second kappa shape index (κ2) is 10.3. The number of piperidine rings is 1. The number of phenolic OH excluding ortho intramolecular Hbond substituents is 1. The molecular weight excluding hydrogens is 407 g/mol. The molecular formula is C16H25AsN2O7. The van der Waals surface area contributed by atoms with Crippen molar-refractivity contribution >= 4 is 36.2 Å². The number of hydrogen-bond donors (Lipinski definition) is 4. The quantitative estimate of drug-likeness (QED) is 0.512. The standard InChI is InChI=1S/C8H10AsNO5.C8H15NO2/c1-5(11)10-6-2-3-7(8(12)4-6)9(13,14)15;1-2-11-8(10)9-6-4-3-5-7-9/h2-4,12H,1H3,(H,10,11)(H2,13,14,15);2-7H2,1H3. The summed E-state index contributed by atoms with van der Waals surface area (Å²) in [6.45, 7) is 5.35. The molecule has 9 nitrogen and oxygen atoms in total. The summed E-state index contributed by atoms with van der Waals surface area (Å²) in [4.78, 5) is 23.6. The molecule has 1 saturated heterocycles. The van der Waals surface area contributed by atoms with Crippen molar-refractivity contribution in [2.75, 3.05) is 25.0 Å². The summed E-state index contributed by atoms with van der Waals surface area (Å²) in [6, 6.07) is 3.51. The third-order valence-electron chi connectivity index (χ3n) is 3.49. The normalized spacial score (nSPS) is 14.1. The Balaban J connectivity index is 0.000000273. The van der Waals surface area contributed by atoms with E-state index >= 15 is 0 Å². The van der Waals surface area contributed by atoms with Gasteiger partial charge in [-0.05, 0) is 26.2 Å². The molecule has 0 bridgehead atoms. The van der Waals surface area contributed by atoms with Gasteiger partial charge in [0, 0.05) is 13.1 Å². The van der Waals surface area contributed by atoms with Crippen LogP contribution in [0.3, 0.4) is 0 Å². The molecule has 1 aliphatic rings. The van der Waals surface area contributed by atoms with E-state index in [0.29, 0.717) is 6.61 Å². The third-order valence-corrected chi connectivity index (χ3v) is 5.60. The number of benzene rings is 1. The van der Waals surface area contributed by atoms with E-state index in [1.165, 1.54) is 19.4 Å². The number of anilines is 1. The van der Waals surface area contributed by atoms with Crippen molar-refractivity contribution in [3.8, 4) is 5.75 Å². The van der Waals surface area contributed by atoms with Gasteiger partial charge in [0.2, 0.25) is 0 Å². The molecule has 10 heteroatoms. The zero-order valence-electron chi connectivity index (χ0n) is 14.8. The number of hydrogen-bond acceptors (Lipinski definition) is 5. The van der Waals surface area contributed by atoms with Crippen LogP contribution < -0.4 is 9.67 Å². The number of nitrogens with zero attached hydrogens (tertiary/aromatic N) is 1. The minimum atomic E-state index is -5.09. The molecule has 0 saturated carbocycles. The molecule has 1 aromatic rings. The zero-order valence-corrected chi connectivity index (χ0v) is 16.7. The van der Waals surface area contributed by atoms with E-state index in [9.17, 15) is 18.4 Å². The number of nitrogens with one attached hydrogen (secondary N) is 1. The SMILES string of the molecule is CC(=O)Nc1ccc([As](=O)(O)O)c(O)c1.CCOC(=O)N1CCCCC1. The van der Waals surface area contributed by atoms with Crippen molar-refractivity contribution in [1.82, 2.24) is 4.90 Å². The Morgan fingerprint density at radius 1 is 1.23 bits per heavy atom. The summed E-state index contributed by atoms with van der Waals surface area (Å²) in [5, 5.41) is 11.7. The van der Waals surface area contributed by atoms with Crippen LogP contribution in [0, 0.1) is 0 Å². The fraction of sp³-hybridized carbons (Fsp3) is 0.500. The Morgan fingerprint density at radius 2 is 1.85 bits per heavy atom. The number of likely N-dealkylation sites (tertiary alicyclic amines) is 1. The average molecular weight is 432 g/mol. The number of amides is 2. The molecule has 4 N–H and O–H groups in total. The van der Waals surface area contributed by atoms with E-state index in [0.717, 1.165) is 38.1 Å². The molecule has 2 rings (SSSR count). The molecule has 1 aromatic carbocycles. The van der Waals surface area contributed by atoms with Crippen molar-refractivity contribution in [2.45, 2.75) is 33.1 Å². The van der Waals surface area contributed by atoms with Gasteiger partial charge in [0.15, 0.2) is 0 Å². The van der Waals surface area contributed by atoms with Crippen molar-refractivity contribution in [2.24, 2.45) is 0 Å².